The van der Waals surface area contributed by atoms with E-state index in [0.29, 0.717) is 0 Å². The molecule has 0 saturated carbocycles. The summed E-state index contributed by atoms with van der Waals surface area (Å²) in [4.78, 5) is 0. The molecule has 0 radical (unpaired) electrons. The van der Waals surface area contributed by atoms with E-state index in [1.807, 2.05) is 0 Å². The Hall–Kier alpha value is 0.697. The van der Waals surface area contributed by atoms with Gasteiger partial charge in [0.1, 0.15) is 0 Å². The van der Waals surface area contributed by atoms with Crippen LogP contribution in [0.25, 0.3) is 0 Å². The monoisotopic (exact) mass is 176 g/mol. The van der Waals surface area contributed by atoms with Crippen molar-refractivity contribution in [3.63, 3.8) is 0 Å². The second kappa shape index (κ2) is 6.24. The first-order valence-electron chi connectivity index (χ1n) is 4.24. The van der Waals surface area contributed by atoms with E-state index in [2.05, 4.69) is 32.1 Å². The summed E-state index contributed by atoms with van der Waals surface area (Å²) < 4.78 is 0. The van der Waals surface area contributed by atoms with E-state index < -0.39 is 8.80 Å². The van der Waals surface area contributed by atoms with Crippen molar-refractivity contribution in [3.05, 3.63) is 23.4 Å². The summed E-state index contributed by atoms with van der Waals surface area (Å²) in [6.45, 7) is 4.67. The molecule has 1 aliphatic rings. The van der Waals surface area contributed by atoms with Crippen LogP contribution in [-0.4, -0.2) is 38.4 Å². The van der Waals surface area contributed by atoms with Crippen LogP contribution in [-0.2, 0) is 0 Å². The Kier molecular flexibility index (Phi) is 6.63. The quantitative estimate of drug-likeness (QED) is 0.577. The number of hydrogen-bond acceptors (Lipinski definition) is 0. The molecule has 11 heavy (non-hydrogen) atoms. The molecule has 0 aromatic heterocycles. The summed E-state index contributed by atoms with van der Waals surface area (Å²) >= 11 is 0. The van der Waals surface area contributed by atoms with Crippen molar-refractivity contribution in [2.24, 2.45) is 0 Å². The van der Waals surface area contributed by atoms with E-state index >= 15 is 0 Å². The number of hydrogen-bond donors (Lipinski definition) is 0. The van der Waals surface area contributed by atoms with Crippen molar-refractivity contribution in [2.45, 2.75) is 32.4 Å². The molecule has 1 rings (SSSR count). The van der Waals surface area contributed by atoms with Crippen LogP contribution >= 0.6 is 0 Å². The van der Waals surface area contributed by atoms with Gasteiger partial charge in [-0.15, -0.1) is 0 Å². The Labute approximate surface area is 93.7 Å². The molecule has 0 aromatic rings. The molecular formula is C9H17NaSi. The minimum absolute atomic E-state index is 0. The zero-order valence-electron chi connectivity index (χ0n) is 6.93. The Morgan fingerprint density at radius 1 is 1.36 bits per heavy atom. The summed E-state index contributed by atoms with van der Waals surface area (Å²) in [5.41, 5.74) is 0. The van der Waals surface area contributed by atoms with Crippen molar-refractivity contribution < 1.29 is 0 Å². The van der Waals surface area contributed by atoms with Gasteiger partial charge < -0.3 is 0 Å². The van der Waals surface area contributed by atoms with Gasteiger partial charge in [-0.1, -0.05) is 49.4 Å². The molecule has 0 fully saturated rings. The molecule has 0 spiro atoms. The second-order valence-electron chi connectivity index (χ2n) is 2.89. The van der Waals surface area contributed by atoms with Gasteiger partial charge in [-0.3, -0.25) is 0 Å². The average molecular weight is 176 g/mol. The fraction of sp³-hybridized carbons (Fsp3) is 0.556. The fourth-order valence-electron chi connectivity index (χ4n) is 1.58. The summed E-state index contributed by atoms with van der Waals surface area (Å²) in [7, 11) is -0.446. The van der Waals surface area contributed by atoms with E-state index in [1.54, 1.807) is 5.20 Å². The second-order valence-corrected chi connectivity index (χ2v) is 6.66. The SMILES string of the molecule is CC[SiH](CC)C1=CC=CC1.[NaH]. The predicted molar refractivity (Wildman–Crippen MR) is 57.1 cm³/mol. The molecular weight excluding hydrogens is 159 g/mol. The average Bonchev–Trinajstić information content (AvgIpc) is 2.43. The molecule has 58 valence electrons. The molecule has 2 heteroatoms. The van der Waals surface area contributed by atoms with E-state index in [0.717, 1.165) is 0 Å². The number of allylic oxidation sites excluding steroid dienone is 4. The van der Waals surface area contributed by atoms with Gasteiger partial charge in [-0.25, -0.2) is 0 Å². The Bertz CT molecular complexity index is 157. The van der Waals surface area contributed by atoms with E-state index in [4.69, 9.17) is 0 Å². The number of rotatable bonds is 3. The van der Waals surface area contributed by atoms with Gasteiger partial charge in [0.15, 0.2) is 0 Å². The Morgan fingerprint density at radius 2 is 2.00 bits per heavy atom. The van der Waals surface area contributed by atoms with Crippen molar-refractivity contribution in [1.82, 2.24) is 0 Å². The van der Waals surface area contributed by atoms with Gasteiger partial charge in [0, 0.05) is 0 Å². The third kappa shape index (κ3) is 3.28. The fourth-order valence-corrected chi connectivity index (χ4v) is 4.06. The van der Waals surface area contributed by atoms with Crippen LogP contribution in [0.15, 0.2) is 23.4 Å². The molecule has 0 atom stereocenters. The topological polar surface area (TPSA) is 0 Å². The summed E-state index contributed by atoms with van der Waals surface area (Å²) in [6.07, 6.45) is 8.09. The van der Waals surface area contributed by atoms with Crippen molar-refractivity contribution >= 4 is 38.4 Å². The van der Waals surface area contributed by atoms with Crippen LogP contribution in [0, 0.1) is 0 Å². The maximum absolute atomic E-state index is 2.34. The van der Waals surface area contributed by atoms with Crippen LogP contribution in [0.1, 0.15) is 20.3 Å². The summed E-state index contributed by atoms with van der Waals surface area (Å²) in [5, 5.41) is 1.77. The normalized spacial score (nSPS) is 15.0. The first-order chi connectivity index (χ1) is 4.88. The molecule has 0 unspecified atom stereocenters. The van der Waals surface area contributed by atoms with Crippen LogP contribution < -0.4 is 0 Å². The van der Waals surface area contributed by atoms with Crippen molar-refractivity contribution in [2.75, 3.05) is 0 Å². The first kappa shape index (κ1) is 11.7. The van der Waals surface area contributed by atoms with Crippen LogP contribution in [0.3, 0.4) is 0 Å². The van der Waals surface area contributed by atoms with E-state index in [-0.39, 0.29) is 29.6 Å². The van der Waals surface area contributed by atoms with Crippen LogP contribution in [0.5, 0.6) is 0 Å². The molecule has 0 N–H and O–H groups in total. The van der Waals surface area contributed by atoms with Gasteiger partial charge in [-0.05, 0) is 6.42 Å². The predicted octanol–water partition coefficient (Wildman–Crippen LogP) is 2.03. The summed E-state index contributed by atoms with van der Waals surface area (Å²) in [6, 6.07) is 2.87. The standard InChI is InChI=1S/C9H16Si.Na.H/c1-3-10(4-2)9-7-5-6-8-9;;/h5-7,10H,3-4,8H2,1-2H3;;. The molecule has 0 amide bonds. The maximum atomic E-state index is 2.34. The van der Waals surface area contributed by atoms with Crippen molar-refractivity contribution in [1.29, 1.82) is 0 Å². The molecule has 0 aromatic carbocycles. The van der Waals surface area contributed by atoms with Crippen LogP contribution in [0.4, 0.5) is 0 Å². The Balaban J connectivity index is 0.000001000. The van der Waals surface area contributed by atoms with Crippen molar-refractivity contribution in [3.8, 4) is 0 Å². The van der Waals surface area contributed by atoms with Gasteiger partial charge in [0.2, 0.25) is 0 Å². The summed E-state index contributed by atoms with van der Waals surface area (Å²) in [5.74, 6) is 0. The minimum atomic E-state index is -0.446. The molecule has 0 nitrogen and oxygen atoms in total. The molecule has 0 saturated heterocycles. The molecule has 0 bridgehead atoms. The van der Waals surface area contributed by atoms with Gasteiger partial charge in [-0.2, -0.15) is 0 Å². The first-order valence-corrected chi connectivity index (χ1v) is 6.45. The van der Waals surface area contributed by atoms with E-state index in [1.165, 1.54) is 18.5 Å². The van der Waals surface area contributed by atoms with Gasteiger partial charge in [0.25, 0.3) is 0 Å². The van der Waals surface area contributed by atoms with E-state index in [9.17, 15) is 0 Å². The third-order valence-electron chi connectivity index (χ3n) is 2.31. The van der Waals surface area contributed by atoms with Crippen LogP contribution in [0.2, 0.25) is 12.1 Å². The van der Waals surface area contributed by atoms with Gasteiger partial charge in [0.05, 0.1) is 8.80 Å². The zero-order chi connectivity index (χ0) is 7.40. The molecule has 0 aliphatic heterocycles. The Morgan fingerprint density at radius 3 is 2.36 bits per heavy atom. The third-order valence-corrected chi connectivity index (χ3v) is 5.76. The van der Waals surface area contributed by atoms with Gasteiger partial charge >= 0.3 is 29.6 Å². The zero-order valence-corrected chi connectivity index (χ0v) is 8.09. The molecule has 0 heterocycles. The molecule has 1 aliphatic carbocycles.